The second kappa shape index (κ2) is 7.59. The fourth-order valence-electron chi connectivity index (χ4n) is 2.44. The number of halogens is 1. The molecule has 6 heteroatoms. The number of carbonyl (C=O) groups excluding carboxylic acids is 1. The number of carbonyl (C=O) groups is 2. The van der Waals surface area contributed by atoms with Crippen molar-refractivity contribution in [1.82, 2.24) is 4.90 Å². The molecule has 0 radical (unpaired) electrons. The Bertz CT molecular complexity index is 775. The zero-order valence-electron chi connectivity index (χ0n) is 13.4. The molecule has 2 N–H and O–H groups in total. The van der Waals surface area contributed by atoms with E-state index in [2.05, 4.69) is 15.9 Å². The largest absolute Gasteiger partial charge is 0.478 e. The van der Waals surface area contributed by atoms with E-state index in [0.717, 1.165) is 4.47 Å². The minimum Gasteiger partial charge on any atom is -0.478 e. The number of aromatic carboxylic acids is 1. The molecule has 0 aromatic heterocycles. The minimum absolute atomic E-state index is 0.0677. The molecule has 5 nitrogen and oxygen atoms in total. The average molecular weight is 392 g/mol. The molecule has 0 saturated carbocycles. The number of aliphatic hydroxyl groups excluding tert-OH is 1. The van der Waals surface area contributed by atoms with Gasteiger partial charge in [-0.3, -0.25) is 4.79 Å². The first-order valence-electron chi connectivity index (χ1n) is 7.32. The van der Waals surface area contributed by atoms with Crippen molar-refractivity contribution in [1.29, 1.82) is 0 Å². The molecule has 2 aromatic carbocycles. The number of aryl methyl sites for hydroxylation is 1. The van der Waals surface area contributed by atoms with Crippen molar-refractivity contribution in [3.8, 4) is 0 Å². The van der Waals surface area contributed by atoms with E-state index in [4.69, 9.17) is 5.11 Å². The van der Waals surface area contributed by atoms with Gasteiger partial charge in [0.05, 0.1) is 18.2 Å². The van der Waals surface area contributed by atoms with Crippen LogP contribution in [0.2, 0.25) is 0 Å². The van der Waals surface area contributed by atoms with Crippen molar-refractivity contribution >= 4 is 27.8 Å². The summed E-state index contributed by atoms with van der Waals surface area (Å²) < 4.78 is 0.766. The topological polar surface area (TPSA) is 77.8 Å². The molecule has 0 spiro atoms. The number of carboxylic acids is 1. The molecule has 1 amide bonds. The van der Waals surface area contributed by atoms with E-state index in [1.807, 2.05) is 18.2 Å². The number of rotatable bonds is 5. The van der Waals surface area contributed by atoms with Gasteiger partial charge in [0, 0.05) is 17.1 Å². The van der Waals surface area contributed by atoms with Gasteiger partial charge >= 0.3 is 5.97 Å². The number of benzene rings is 2. The third-order valence-electron chi connectivity index (χ3n) is 3.63. The van der Waals surface area contributed by atoms with Crippen molar-refractivity contribution in [3.05, 3.63) is 69.2 Å². The van der Waals surface area contributed by atoms with Crippen LogP contribution in [0.4, 0.5) is 0 Å². The van der Waals surface area contributed by atoms with Crippen LogP contribution in [0.3, 0.4) is 0 Å². The Morgan fingerprint density at radius 1 is 1.17 bits per heavy atom. The van der Waals surface area contributed by atoms with Crippen LogP contribution in [0, 0.1) is 6.92 Å². The second-order valence-corrected chi connectivity index (χ2v) is 6.47. The SMILES string of the molecule is Cc1cc(C(=O)O)cc(C(=O)N(C)CC(O)c2ccccc2Br)c1. The van der Waals surface area contributed by atoms with Gasteiger partial charge in [0.1, 0.15) is 0 Å². The Morgan fingerprint density at radius 3 is 2.42 bits per heavy atom. The number of likely N-dealkylation sites (N-methyl/N-ethyl adjacent to an activating group) is 1. The molecule has 126 valence electrons. The van der Waals surface area contributed by atoms with Crippen molar-refractivity contribution in [2.75, 3.05) is 13.6 Å². The van der Waals surface area contributed by atoms with Crippen LogP contribution >= 0.6 is 15.9 Å². The summed E-state index contributed by atoms with van der Waals surface area (Å²) in [5.74, 6) is -1.42. The average Bonchev–Trinajstić information content (AvgIpc) is 2.53. The van der Waals surface area contributed by atoms with Crippen molar-refractivity contribution < 1.29 is 19.8 Å². The van der Waals surface area contributed by atoms with Gasteiger partial charge < -0.3 is 15.1 Å². The number of hydrogen-bond donors (Lipinski definition) is 2. The minimum atomic E-state index is -1.08. The predicted molar refractivity (Wildman–Crippen MR) is 94.2 cm³/mol. The molecule has 0 aliphatic heterocycles. The molecule has 0 saturated heterocycles. The Balaban J connectivity index is 2.18. The predicted octanol–water partition coefficient (Wildman–Crippen LogP) is 3.26. The molecule has 2 aromatic rings. The van der Waals surface area contributed by atoms with Gasteiger partial charge in [-0.1, -0.05) is 34.1 Å². The van der Waals surface area contributed by atoms with Gasteiger partial charge in [-0.05, 0) is 42.3 Å². The first-order chi connectivity index (χ1) is 11.3. The summed E-state index contributed by atoms with van der Waals surface area (Å²) in [6, 6.07) is 11.7. The Kier molecular flexibility index (Phi) is 5.75. The molecular formula is C18H18BrNO4. The van der Waals surface area contributed by atoms with E-state index < -0.39 is 12.1 Å². The Morgan fingerprint density at radius 2 is 1.79 bits per heavy atom. The summed E-state index contributed by atoms with van der Waals surface area (Å²) >= 11 is 3.38. The van der Waals surface area contributed by atoms with Crippen LogP contribution < -0.4 is 0 Å². The zero-order valence-corrected chi connectivity index (χ0v) is 14.9. The molecule has 1 atom stereocenters. The lowest BCUT2D eigenvalue weighted by Gasteiger charge is -2.22. The molecular weight excluding hydrogens is 374 g/mol. The van der Waals surface area contributed by atoms with Crippen LogP contribution in [0.15, 0.2) is 46.9 Å². The van der Waals surface area contributed by atoms with E-state index in [0.29, 0.717) is 11.1 Å². The van der Waals surface area contributed by atoms with Crippen LogP contribution in [-0.4, -0.2) is 40.6 Å². The number of hydrogen-bond acceptors (Lipinski definition) is 3. The highest BCUT2D eigenvalue weighted by molar-refractivity contribution is 9.10. The van der Waals surface area contributed by atoms with Gasteiger partial charge in [0.15, 0.2) is 0 Å². The van der Waals surface area contributed by atoms with Crippen LogP contribution in [0.5, 0.6) is 0 Å². The molecule has 0 heterocycles. The fourth-order valence-corrected chi connectivity index (χ4v) is 2.99. The number of nitrogens with zero attached hydrogens (tertiary/aromatic N) is 1. The molecule has 0 fully saturated rings. The van der Waals surface area contributed by atoms with Gasteiger partial charge in [0.25, 0.3) is 5.91 Å². The summed E-state index contributed by atoms with van der Waals surface area (Å²) in [6.07, 6.45) is -0.849. The first kappa shape index (κ1) is 18.2. The van der Waals surface area contributed by atoms with Crippen molar-refractivity contribution in [3.63, 3.8) is 0 Å². The lowest BCUT2D eigenvalue weighted by molar-refractivity contribution is 0.0679. The lowest BCUT2D eigenvalue weighted by Crippen LogP contribution is -2.31. The molecule has 2 rings (SSSR count). The smallest absolute Gasteiger partial charge is 0.335 e. The quantitative estimate of drug-likeness (QED) is 0.819. The van der Waals surface area contributed by atoms with Crippen molar-refractivity contribution in [2.24, 2.45) is 0 Å². The second-order valence-electron chi connectivity index (χ2n) is 5.62. The first-order valence-corrected chi connectivity index (χ1v) is 8.12. The zero-order chi connectivity index (χ0) is 17.9. The van der Waals surface area contributed by atoms with Crippen LogP contribution in [0.25, 0.3) is 0 Å². The summed E-state index contributed by atoms with van der Waals surface area (Å²) in [5.41, 5.74) is 1.73. The molecule has 0 bridgehead atoms. The van der Waals surface area contributed by atoms with Gasteiger partial charge in [0.2, 0.25) is 0 Å². The molecule has 24 heavy (non-hydrogen) atoms. The third-order valence-corrected chi connectivity index (χ3v) is 4.35. The summed E-state index contributed by atoms with van der Waals surface area (Å²) in [7, 11) is 1.57. The summed E-state index contributed by atoms with van der Waals surface area (Å²) in [6.45, 7) is 1.83. The van der Waals surface area contributed by atoms with Gasteiger partial charge in [-0.15, -0.1) is 0 Å². The number of carboxylic acid groups (broad SMARTS) is 1. The van der Waals surface area contributed by atoms with E-state index in [1.54, 1.807) is 26.1 Å². The maximum Gasteiger partial charge on any atom is 0.335 e. The fraction of sp³-hybridized carbons (Fsp3) is 0.222. The van der Waals surface area contributed by atoms with Gasteiger partial charge in [-0.2, -0.15) is 0 Å². The monoisotopic (exact) mass is 391 g/mol. The van der Waals surface area contributed by atoms with E-state index in [1.165, 1.54) is 17.0 Å². The molecule has 0 aliphatic carbocycles. The van der Waals surface area contributed by atoms with E-state index in [-0.39, 0.29) is 23.6 Å². The molecule has 1 unspecified atom stereocenters. The Labute approximate surface area is 148 Å². The summed E-state index contributed by atoms with van der Waals surface area (Å²) in [5, 5.41) is 19.5. The highest BCUT2D eigenvalue weighted by Gasteiger charge is 2.19. The van der Waals surface area contributed by atoms with Crippen LogP contribution in [0.1, 0.15) is 37.9 Å². The maximum atomic E-state index is 12.5. The maximum absolute atomic E-state index is 12.5. The third kappa shape index (κ3) is 4.21. The number of amides is 1. The van der Waals surface area contributed by atoms with E-state index in [9.17, 15) is 14.7 Å². The highest BCUT2D eigenvalue weighted by Crippen LogP contribution is 2.24. The standard InChI is InChI=1S/C18H18BrNO4/c1-11-7-12(9-13(8-11)18(23)24)17(22)20(2)10-16(21)14-5-3-4-6-15(14)19/h3-9,16,21H,10H2,1-2H3,(H,23,24). The van der Waals surface area contributed by atoms with Crippen molar-refractivity contribution in [2.45, 2.75) is 13.0 Å². The molecule has 0 aliphatic rings. The Hall–Kier alpha value is -2.18. The van der Waals surface area contributed by atoms with E-state index >= 15 is 0 Å². The number of aliphatic hydroxyl groups is 1. The van der Waals surface area contributed by atoms with Gasteiger partial charge in [-0.25, -0.2) is 4.79 Å². The summed E-state index contributed by atoms with van der Waals surface area (Å²) in [4.78, 5) is 25.0. The normalized spacial score (nSPS) is 11.8. The highest BCUT2D eigenvalue weighted by atomic mass is 79.9. The van der Waals surface area contributed by atoms with Crippen LogP contribution in [-0.2, 0) is 0 Å². The lowest BCUT2D eigenvalue weighted by atomic mass is 10.0.